The summed E-state index contributed by atoms with van der Waals surface area (Å²) >= 11 is 0. The highest BCUT2D eigenvalue weighted by molar-refractivity contribution is 5.83. The number of ether oxygens (including phenoxy) is 2. The molecule has 152 valence electrons. The number of nitrogens with zero attached hydrogens (tertiary/aromatic N) is 1. The van der Waals surface area contributed by atoms with Crippen molar-refractivity contribution in [2.24, 2.45) is 5.92 Å². The molecule has 0 saturated carbocycles. The third kappa shape index (κ3) is 4.74. The summed E-state index contributed by atoms with van der Waals surface area (Å²) in [5, 5.41) is 4.45. The number of aryl methyl sites for hydroxylation is 1. The Morgan fingerprint density at radius 2 is 2.07 bits per heavy atom. The maximum Gasteiger partial charge on any atom is 0.220 e. The van der Waals surface area contributed by atoms with Crippen LogP contribution in [0, 0.1) is 5.92 Å². The Bertz CT molecular complexity index is 763. The van der Waals surface area contributed by atoms with Crippen LogP contribution >= 0.6 is 0 Å². The van der Waals surface area contributed by atoms with Crippen LogP contribution in [0.25, 0.3) is 10.9 Å². The van der Waals surface area contributed by atoms with E-state index in [4.69, 9.17) is 9.47 Å². The highest BCUT2D eigenvalue weighted by Gasteiger charge is 2.31. The van der Waals surface area contributed by atoms with Crippen LogP contribution in [0.2, 0.25) is 0 Å². The maximum atomic E-state index is 12.4. The van der Waals surface area contributed by atoms with E-state index in [0.717, 1.165) is 64.3 Å². The molecule has 2 N–H and O–H groups in total. The lowest BCUT2D eigenvalue weighted by atomic mass is 9.96. The first-order valence-electron chi connectivity index (χ1n) is 10.5. The van der Waals surface area contributed by atoms with Gasteiger partial charge in [-0.15, -0.1) is 0 Å². The van der Waals surface area contributed by atoms with Crippen molar-refractivity contribution >= 4 is 16.8 Å². The SMILES string of the molecule is O=C(CCCc1c[nH]c2ccccc12)NCC(C1CCOC1)N1CCOCC1. The van der Waals surface area contributed by atoms with Gasteiger partial charge in [0.15, 0.2) is 0 Å². The number of hydrogen-bond donors (Lipinski definition) is 2. The molecule has 4 rings (SSSR count). The van der Waals surface area contributed by atoms with Gasteiger partial charge in [0.2, 0.25) is 5.91 Å². The van der Waals surface area contributed by atoms with Crippen LogP contribution in [0.3, 0.4) is 0 Å². The van der Waals surface area contributed by atoms with Gasteiger partial charge in [-0.3, -0.25) is 9.69 Å². The summed E-state index contributed by atoms with van der Waals surface area (Å²) in [5.74, 6) is 0.654. The summed E-state index contributed by atoms with van der Waals surface area (Å²) in [6.45, 7) is 5.79. The smallest absolute Gasteiger partial charge is 0.220 e. The van der Waals surface area contributed by atoms with E-state index in [-0.39, 0.29) is 5.91 Å². The van der Waals surface area contributed by atoms with Crippen molar-refractivity contribution in [2.75, 3.05) is 46.1 Å². The number of benzene rings is 1. The summed E-state index contributed by atoms with van der Waals surface area (Å²) in [6.07, 6.45) is 5.50. The van der Waals surface area contributed by atoms with Crippen LogP contribution in [-0.4, -0.2) is 67.9 Å². The Labute approximate surface area is 166 Å². The van der Waals surface area contributed by atoms with Crippen molar-refractivity contribution in [1.82, 2.24) is 15.2 Å². The molecule has 6 nitrogen and oxygen atoms in total. The number of aromatic amines is 1. The molecule has 28 heavy (non-hydrogen) atoms. The Hall–Kier alpha value is -1.89. The molecule has 6 heteroatoms. The molecule has 1 aromatic heterocycles. The number of H-pyrrole nitrogens is 1. The normalized spacial score (nSPS) is 21.8. The van der Waals surface area contributed by atoms with Gasteiger partial charge in [-0.2, -0.15) is 0 Å². The van der Waals surface area contributed by atoms with Crippen molar-refractivity contribution < 1.29 is 14.3 Å². The van der Waals surface area contributed by atoms with Gasteiger partial charge in [0.25, 0.3) is 0 Å². The predicted molar refractivity (Wildman–Crippen MR) is 109 cm³/mol. The fourth-order valence-electron chi connectivity index (χ4n) is 4.44. The fraction of sp³-hybridized carbons (Fsp3) is 0.591. The van der Waals surface area contributed by atoms with Crippen molar-refractivity contribution in [3.05, 3.63) is 36.0 Å². The summed E-state index contributed by atoms with van der Waals surface area (Å²) in [5.41, 5.74) is 2.45. The number of nitrogens with one attached hydrogen (secondary N) is 2. The molecule has 2 saturated heterocycles. The summed E-state index contributed by atoms with van der Waals surface area (Å²) in [4.78, 5) is 18.2. The van der Waals surface area contributed by atoms with Crippen LogP contribution in [0.4, 0.5) is 0 Å². The van der Waals surface area contributed by atoms with Crippen molar-refractivity contribution in [3.8, 4) is 0 Å². The largest absolute Gasteiger partial charge is 0.381 e. The number of carbonyl (C=O) groups excluding carboxylic acids is 1. The van der Waals surface area contributed by atoms with Crippen LogP contribution < -0.4 is 5.32 Å². The van der Waals surface area contributed by atoms with Gasteiger partial charge >= 0.3 is 0 Å². The zero-order chi connectivity index (χ0) is 19.2. The minimum atomic E-state index is 0.150. The average Bonchev–Trinajstić information content (AvgIpc) is 3.40. The van der Waals surface area contributed by atoms with E-state index in [9.17, 15) is 4.79 Å². The lowest BCUT2D eigenvalue weighted by Crippen LogP contribution is -2.52. The molecule has 0 bridgehead atoms. The molecule has 3 heterocycles. The van der Waals surface area contributed by atoms with Crippen molar-refractivity contribution in [3.63, 3.8) is 0 Å². The van der Waals surface area contributed by atoms with Gasteiger partial charge in [-0.25, -0.2) is 0 Å². The molecular weight excluding hydrogens is 354 g/mol. The lowest BCUT2D eigenvalue weighted by Gasteiger charge is -2.37. The second kappa shape index (κ2) is 9.54. The first kappa shape index (κ1) is 19.4. The number of carbonyl (C=O) groups is 1. The Balaban J connectivity index is 1.25. The topological polar surface area (TPSA) is 66.6 Å². The van der Waals surface area contributed by atoms with E-state index < -0.39 is 0 Å². The zero-order valence-corrected chi connectivity index (χ0v) is 16.5. The molecular formula is C22H31N3O3. The number of morpholine rings is 1. The summed E-state index contributed by atoms with van der Waals surface area (Å²) < 4.78 is 11.1. The standard InChI is InChI=1S/C22H31N3O3/c26-22(7-3-4-17-14-23-20-6-2-1-5-19(17)20)24-15-21(18-8-11-28-16-18)25-9-12-27-13-10-25/h1-2,5-6,14,18,21,23H,3-4,7-13,15-16H2,(H,24,26). The molecule has 2 aromatic rings. The first-order valence-corrected chi connectivity index (χ1v) is 10.5. The van der Waals surface area contributed by atoms with Gasteiger partial charge in [0.1, 0.15) is 0 Å². The third-order valence-corrected chi connectivity index (χ3v) is 6.06. The van der Waals surface area contributed by atoms with E-state index in [1.54, 1.807) is 0 Å². The second-order valence-electron chi connectivity index (χ2n) is 7.86. The molecule has 2 fully saturated rings. The number of aromatic nitrogens is 1. The van der Waals surface area contributed by atoms with E-state index in [2.05, 4.69) is 39.6 Å². The molecule has 0 spiro atoms. The number of rotatable bonds is 8. The number of para-hydroxylation sites is 1. The Kier molecular flexibility index (Phi) is 6.62. The highest BCUT2D eigenvalue weighted by Crippen LogP contribution is 2.22. The number of hydrogen-bond acceptors (Lipinski definition) is 4. The molecule has 2 atom stereocenters. The maximum absolute atomic E-state index is 12.4. The number of fused-ring (bicyclic) bond motifs is 1. The van der Waals surface area contributed by atoms with Gasteiger partial charge < -0.3 is 19.8 Å². The van der Waals surface area contributed by atoms with Crippen LogP contribution in [0.1, 0.15) is 24.8 Å². The molecule has 0 radical (unpaired) electrons. The van der Waals surface area contributed by atoms with E-state index in [0.29, 0.717) is 24.9 Å². The Morgan fingerprint density at radius 1 is 1.21 bits per heavy atom. The molecule has 1 aromatic carbocycles. The second-order valence-corrected chi connectivity index (χ2v) is 7.86. The zero-order valence-electron chi connectivity index (χ0n) is 16.5. The Morgan fingerprint density at radius 3 is 2.89 bits per heavy atom. The van der Waals surface area contributed by atoms with Crippen molar-refractivity contribution in [1.29, 1.82) is 0 Å². The van der Waals surface area contributed by atoms with E-state index in [1.165, 1.54) is 10.9 Å². The third-order valence-electron chi connectivity index (χ3n) is 6.06. The lowest BCUT2D eigenvalue weighted by molar-refractivity contribution is -0.121. The number of amides is 1. The monoisotopic (exact) mass is 385 g/mol. The minimum Gasteiger partial charge on any atom is -0.381 e. The first-order chi connectivity index (χ1) is 13.8. The minimum absolute atomic E-state index is 0.150. The molecule has 1 amide bonds. The highest BCUT2D eigenvalue weighted by atomic mass is 16.5. The summed E-state index contributed by atoms with van der Waals surface area (Å²) in [6, 6.07) is 8.67. The predicted octanol–water partition coefficient (Wildman–Crippen LogP) is 2.34. The summed E-state index contributed by atoms with van der Waals surface area (Å²) in [7, 11) is 0. The van der Waals surface area contributed by atoms with E-state index >= 15 is 0 Å². The van der Waals surface area contributed by atoms with Gasteiger partial charge in [0.05, 0.1) is 19.8 Å². The van der Waals surface area contributed by atoms with E-state index in [1.807, 2.05) is 6.07 Å². The molecule has 2 aliphatic rings. The van der Waals surface area contributed by atoms with Gasteiger partial charge in [0, 0.05) is 61.7 Å². The van der Waals surface area contributed by atoms with Gasteiger partial charge in [-0.1, -0.05) is 18.2 Å². The van der Waals surface area contributed by atoms with Crippen LogP contribution in [0.15, 0.2) is 30.5 Å². The van der Waals surface area contributed by atoms with Gasteiger partial charge in [-0.05, 0) is 30.9 Å². The average molecular weight is 386 g/mol. The molecule has 0 aliphatic carbocycles. The molecule has 2 aliphatic heterocycles. The van der Waals surface area contributed by atoms with Crippen molar-refractivity contribution in [2.45, 2.75) is 31.7 Å². The fourth-order valence-corrected chi connectivity index (χ4v) is 4.44. The van der Waals surface area contributed by atoms with Crippen LogP contribution in [0.5, 0.6) is 0 Å². The quantitative estimate of drug-likeness (QED) is 0.732. The molecule has 2 unspecified atom stereocenters. The van der Waals surface area contributed by atoms with Crippen LogP contribution in [-0.2, 0) is 20.7 Å².